The van der Waals surface area contributed by atoms with Crippen molar-refractivity contribution in [1.29, 1.82) is 0 Å². The molecule has 106 valence electrons. The average molecular weight is 270 g/mol. The molecule has 1 rings (SSSR count). The molecule has 0 amide bonds. The first-order valence-corrected chi connectivity index (χ1v) is 6.17. The van der Waals surface area contributed by atoms with E-state index in [1.54, 1.807) is 0 Å². The molecule has 0 atom stereocenters. The molecule has 7 heteroatoms. The van der Waals surface area contributed by atoms with Gasteiger partial charge in [-0.1, -0.05) is 0 Å². The van der Waals surface area contributed by atoms with Gasteiger partial charge in [0, 0.05) is 38.4 Å². The Morgan fingerprint density at radius 3 is 2.53 bits per heavy atom. The Morgan fingerprint density at radius 1 is 1.37 bits per heavy atom. The first kappa shape index (κ1) is 15.3. The molecular formula is C12H18N2O5. The Kier molecular flexibility index (Phi) is 6.17. The second-order valence-electron chi connectivity index (χ2n) is 3.78. The summed E-state index contributed by atoms with van der Waals surface area (Å²) >= 11 is 0. The highest BCUT2D eigenvalue weighted by molar-refractivity contribution is 5.24. The van der Waals surface area contributed by atoms with Crippen LogP contribution in [-0.2, 0) is 16.0 Å². The van der Waals surface area contributed by atoms with Gasteiger partial charge < -0.3 is 14.0 Å². The van der Waals surface area contributed by atoms with Gasteiger partial charge in [-0.2, -0.15) is 0 Å². The van der Waals surface area contributed by atoms with Crippen LogP contribution in [0.25, 0.3) is 0 Å². The summed E-state index contributed by atoms with van der Waals surface area (Å²) in [6.45, 7) is 5.03. The van der Waals surface area contributed by atoms with E-state index in [2.05, 4.69) is 0 Å². The zero-order valence-corrected chi connectivity index (χ0v) is 11.1. The van der Waals surface area contributed by atoms with Gasteiger partial charge in [-0.3, -0.25) is 14.9 Å². The SMILES string of the molecule is CCOC(CCn1cccc([N+](=O)[O-])c1=O)OCC. The van der Waals surface area contributed by atoms with Gasteiger partial charge in [0.2, 0.25) is 0 Å². The predicted octanol–water partition coefficient (Wildman–Crippen LogP) is 1.55. The average Bonchev–Trinajstić information content (AvgIpc) is 2.37. The molecule has 0 aliphatic rings. The van der Waals surface area contributed by atoms with Gasteiger partial charge in [-0.25, -0.2) is 0 Å². The van der Waals surface area contributed by atoms with Crippen LogP contribution in [-0.4, -0.2) is 29.0 Å². The number of ether oxygens (including phenoxy) is 2. The second kappa shape index (κ2) is 7.65. The third-order valence-corrected chi connectivity index (χ3v) is 2.51. The van der Waals surface area contributed by atoms with Crippen molar-refractivity contribution in [1.82, 2.24) is 4.57 Å². The van der Waals surface area contributed by atoms with Crippen molar-refractivity contribution >= 4 is 5.69 Å². The third-order valence-electron chi connectivity index (χ3n) is 2.51. The van der Waals surface area contributed by atoms with Crippen molar-refractivity contribution in [3.05, 3.63) is 38.8 Å². The van der Waals surface area contributed by atoms with Crippen LogP contribution in [0.2, 0.25) is 0 Å². The second-order valence-corrected chi connectivity index (χ2v) is 3.78. The molecule has 0 fully saturated rings. The lowest BCUT2D eigenvalue weighted by Gasteiger charge is -2.17. The van der Waals surface area contributed by atoms with E-state index in [0.29, 0.717) is 26.2 Å². The van der Waals surface area contributed by atoms with Crippen LogP contribution in [0.15, 0.2) is 23.1 Å². The summed E-state index contributed by atoms with van der Waals surface area (Å²) < 4.78 is 12.0. The van der Waals surface area contributed by atoms with Gasteiger partial charge in [-0.05, 0) is 19.9 Å². The molecule has 0 aliphatic heterocycles. The van der Waals surface area contributed by atoms with E-state index in [9.17, 15) is 14.9 Å². The standard InChI is InChI=1S/C12H18N2O5/c1-3-18-11(19-4-2)7-9-13-8-5-6-10(12(13)15)14(16)17/h5-6,8,11H,3-4,7,9H2,1-2H3. The number of nitro groups is 1. The third kappa shape index (κ3) is 4.46. The molecule has 0 bridgehead atoms. The summed E-state index contributed by atoms with van der Waals surface area (Å²) in [4.78, 5) is 21.8. The molecule has 1 heterocycles. The first-order chi connectivity index (χ1) is 9.10. The fourth-order valence-corrected chi connectivity index (χ4v) is 1.67. The Balaban J connectivity index is 2.74. The van der Waals surface area contributed by atoms with Crippen LogP contribution in [0.1, 0.15) is 20.3 Å². The van der Waals surface area contributed by atoms with Crippen molar-refractivity contribution in [2.75, 3.05) is 13.2 Å². The van der Waals surface area contributed by atoms with Crippen LogP contribution in [0, 0.1) is 10.1 Å². The predicted molar refractivity (Wildman–Crippen MR) is 69.0 cm³/mol. The highest BCUT2D eigenvalue weighted by atomic mass is 16.7. The number of aromatic nitrogens is 1. The van der Waals surface area contributed by atoms with Crippen molar-refractivity contribution in [2.45, 2.75) is 33.1 Å². The lowest BCUT2D eigenvalue weighted by molar-refractivity contribution is -0.386. The molecule has 0 N–H and O–H groups in total. The monoisotopic (exact) mass is 270 g/mol. The Labute approximate surface area is 110 Å². The highest BCUT2D eigenvalue weighted by Crippen LogP contribution is 2.05. The molecule has 0 saturated heterocycles. The summed E-state index contributed by atoms with van der Waals surface area (Å²) in [5.41, 5.74) is -1.04. The molecule has 0 aliphatic carbocycles. The summed E-state index contributed by atoms with van der Waals surface area (Å²) in [5.74, 6) is 0. The number of pyridine rings is 1. The van der Waals surface area contributed by atoms with E-state index in [4.69, 9.17) is 9.47 Å². The molecule has 19 heavy (non-hydrogen) atoms. The molecule has 0 unspecified atom stereocenters. The van der Waals surface area contributed by atoms with Crippen LogP contribution in [0.4, 0.5) is 5.69 Å². The maximum atomic E-state index is 11.8. The molecule has 0 aromatic carbocycles. The zero-order valence-electron chi connectivity index (χ0n) is 11.1. The van der Waals surface area contributed by atoms with Crippen LogP contribution >= 0.6 is 0 Å². The number of rotatable bonds is 8. The van der Waals surface area contributed by atoms with Gasteiger partial charge >= 0.3 is 11.2 Å². The Hall–Kier alpha value is -1.73. The summed E-state index contributed by atoms with van der Waals surface area (Å²) in [5, 5.41) is 10.7. The van der Waals surface area contributed by atoms with E-state index in [1.165, 1.54) is 22.9 Å². The van der Waals surface area contributed by atoms with Crippen molar-refractivity contribution in [2.24, 2.45) is 0 Å². The van der Waals surface area contributed by atoms with E-state index >= 15 is 0 Å². The Bertz CT molecular complexity index is 465. The maximum Gasteiger partial charge on any atom is 0.334 e. The van der Waals surface area contributed by atoms with Crippen molar-refractivity contribution in [3.63, 3.8) is 0 Å². The first-order valence-electron chi connectivity index (χ1n) is 6.17. The van der Waals surface area contributed by atoms with Crippen LogP contribution in [0.3, 0.4) is 0 Å². The van der Waals surface area contributed by atoms with Gasteiger partial charge in [0.15, 0.2) is 6.29 Å². The maximum absolute atomic E-state index is 11.8. The lowest BCUT2D eigenvalue weighted by Crippen LogP contribution is -2.26. The van der Waals surface area contributed by atoms with Gasteiger partial charge in [0.1, 0.15) is 0 Å². The zero-order chi connectivity index (χ0) is 14.3. The topological polar surface area (TPSA) is 83.6 Å². The van der Waals surface area contributed by atoms with Crippen LogP contribution < -0.4 is 5.56 Å². The minimum Gasteiger partial charge on any atom is -0.353 e. The Morgan fingerprint density at radius 2 is 2.00 bits per heavy atom. The minimum absolute atomic E-state index is 0.311. The van der Waals surface area contributed by atoms with Gasteiger partial charge in [0.05, 0.1) is 4.92 Å². The highest BCUT2D eigenvalue weighted by Gasteiger charge is 2.15. The normalized spacial score (nSPS) is 10.9. The van der Waals surface area contributed by atoms with E-state index in [1.807, 2.05) is 13.8 Å². The van der Waals surface area contributed by atoms with Crippen LogP contribution in [0.5, 0.6) is 0 Å². The molecule has 7 nitrogen and oxygen atoms in total. The molecular weight excluding hydrogens is 252 g/mol. The summed E-state index contributed by atoms with van der Waals surface area (Å²) in [6.07, 6.45) is 1.58. The van der Waals surface area contributed by atoms with Crippen molar-refractivity contribution < 1.29 is 14.4 Å². The summed E-state index contributed by atoms with van der Waals surface area (Å²) in [7, 11) is 0. The molecule has 1 aromatic heterocycles. The molecule has 0 spiro atoms. The quantitative estimate of drug-likeness (QED) is 0.406. The smallest absolute Gasteiger partial charge is 0.334 e. The molecule has 0 radical (unpaired) electrons. The number of aryl methyl sites for hydroxylation is 1. The summed E-state index contributed by atoms with van der Waals surface area (Å²) in [6, 6.07) is 2.68. The lowest BCUT2D eigenvalue weighted by atomic mass is 10.3. The number of hydrogen-bond acceptors (Lipinski definition) is 5. The number of hydrogen-bond donors (Lipinski definition) is 0. The molecule has 1 aromatic rings. The fourth-order valence-electron chi connectivity index (χ4n) is 1.67. The van der Waals surface area contributed by atoms with E-state index in [0.717, 1.165) is 0 Å². The largest absolute Gasteiger partial charge is 0.353 e. The van der Waals surface area contributed by atoms with Gasteiger partial charge in [-0.15, -0.1) is 0 Å². The van der Waals surface area contributed by atoms with Gasteiger partial charge in [0.25, 0.3) is 0 Å². The molecule has 0 saturated carbocycles. The number of nitrogens with zero attached hydrogens (tertiary/aromatic N) is 2. The fraction of sp³-hybridized carbons (Fsp3) is 0.583. The minimum atomic E-state index is -0.679. The van der Waals surface area contributed by atoms with Crippen molar-refractivity contribution in [3.8, 4) is 0 Å². The van der Waals surface area contributed by atoms with E-state index in [-0.39, 0.29) is 0 Å². The van der Waals surface area contributed by atoms with E-state index < -0.39 is 22.5 Å².